The predicted octanol–water partition coefficient (Wildman–Crippen LogP) is 4.53. The molecule has 2 aromatic rings. The van der Waals surface area contributed by atoms with Crippen molar-refractivity contribution in [3.05, 3.63) is 63.1 Å². The molecule has 0 aliphatic rings. The van der Waals surface area contributed by atoms with Crippen LogP contribution < -0.4 is 5.32 Å². The van der Waals surface area contributed by atoms with Crippen LogP contribution in [0.4, 0.5) is 5.69 Å². The van der Waals surface area contributed by atoms with E-state index in [0.717, 1.165) is 4.47 Å². The van der Waals surface area contributed by atoms with E-state index in [1.807, 2.05) is 0 Å². The minimum atomic E-state index is -0.449. The monoisotopic (exact) mass is 381 g/mol. The molecule has 1 amide bonds. The first-order valence-electron chi connectivity index (χ1n) is 6.55. The van der Waals surface area contributed by atoms with Crippen LogP contribution in [0.2, 0.25) is 5.02 Å². The van der Waals surface area contributed by atoms with Gasteiger partial charge >= 0.3 is 5.97 Å². The predicted molar refractivity (Wildman–Crippen MR) is 89.5 cm³/mol. The van der Waals surface area contributed by atoms with E-state index >= 15 is 0 Å². The van der Waals surface area contributed by atoms with Crippen molar-refractivity contribution in [2.24, 2.45) is 0 Å². The van der Waals surface area contributed by atoms with Crippen LogP contribution in [0.1, 0.15) is 27.6 Å². The molecule has 2 rings (SSSR count). The average Bonchev–Trinajstić information content (AvgIpc) is 2.50. The lowest BCUT2D eigenvalue weighted by atomic mass is 10.2. The molecule has 0 aromatic heterocycles. The lowest BCUT2D eigenvalue weighted by Crippen LogP contribution is -2.12. The Labute approximate surface area is 141 Å². The van der Waals surface area contributed by atoms with Crippen LogP contribution in [0.15, 0.2) is 46.9 Å². The molecule has 6 heteroatoms. The third-order valence-corrected chi connectivity index (χ3v) is 3.68. The van der Waals surface area contributed by atoms with Crippen LogP contribution in [0.5, 0.6) is 0 Å². The number of benzene rings is 2. The fourth-order valence-electron chi connectivity index (χ4n) is 1.75. The van der Waals surface area contributed by atoms with Gasteiger partial charge in [-0.3, -0.25) is 4.79 Å². The summed E-state index contributed by atoms with van der Waals surface area (Å²) in [4.78, 5) is 23.7. The van der Waals surface area contributed by atoms with E-state index in [1.54, 1.807) is 43.3 Å². The van der Waals surface area contributed by atoms with Crippen LogP contribution in [0.3, 0.4) is 0 Å². The van der Waals surface area contributed by atoms with Crippen molar-refractivity contribution in [1.29, 1.82) is 0 Å². The number of esters is 1. The Bertz CT molecular complexity index is 701. The van der Waals surface area contributed by atoms with Crippen molar-refractivity contribution in [2.75, 3.05) is 11.9 Å². The Morgan fingerprint density at radius 3 is 2.36 bits per heavy atom. The zero-order valence-electron chi connectivity index (χ0n) is 11.7. The highest BCUT2D eigenvalue weighted by Crippen LogP contribution is 2.24. The van der Waals surface area contributed by atoms with Gasteiger partial charge in [0.25, 0.3) is 5.91 Å². The molecular weight excluding hydrogens is 370 g/mol. The number of hydrogen-bond acceptors (Lipinski definition) is 3. The van der Waals surface area contributed by atoms with Gasteiger partial charge in [0.15, 0.2) is 0 Å². The zero-order valence-corrected chi connectivity index (χ0v) is 14.1. The van der Waals surface area contributed by atoms with Crippen molar-refractivity contribution in [1.82, 2.24) is 0 Å². The number of nitrogens with one attached hydrogen (secondary N) is 1. The quantitative estimate of drug-likeness (QED) is 0.790. The van der Waals surface area contributed by atoms with E-state index in [-0.39, 0.29) is 10.9 Å². The summed E-state index contributed by atoms with van der Waals surface area (Å²) in [6.07, 6.45) is 0. The third kappa shape index (κ3) is 4.08. The Morgan fingerprint density at radius 1 is 1.14 bits per heavy atom. The number of halogens is 2. The number of ether oxygens (including phenoxy) is 1. The molecule has 0 aliphatic heterocycles. The molecular formula is C16H13BrClNO3. The molecule has 0 saturated carbocycles. The molecule has 1 N–H and O–H groups in total. The van der Waals surface area contributed by atoms with Gasteiger partial charge < -0.3 is 10.1 Å². The highest BCUT2D eigenvalue weighted by Gasteiger charge is 2.12. The number of carbonyl (C=O) groups is 2. The lowest BCUT2D eigenvalue weighted by molar-refractivity contribution is 0.0526. The summed E-state index contributed by atoms with van der Waals surface area (Å²) in [5.74, 6) is -0.728. The summed E-state index contributed by atoms with van der Waals surface area (Å²) in [6, 6.07) is 11.5. The first-order chi connectivity index (χ1) is 10.5. The Balaban J connectivity index is 2.14. The van der Waals surface area contributed by atoms with Crippen LogP contribution in [0.25, 0.3) is 0 Å². The van der Waals surface area contributed by atoms with Gasteiger partial charge in [-0.2, -0.15) is 0 Å². The number of rotatable bonds is 4. The van der Waals surface area contributed by atoms with Gasteiger partial charge in [0.05, 0.1) is 22.9 Å². The van der Waals surface area contributed by atoms with E-state index in [4.69, 9.17) is 16.3 Å². The molecule has 0 heterocycles. The molecule has 0 fully saturated rings. The number of carbonyl (C=O) groups excluding carboxylic acids is 2. The number of hydrogen-bond donors (Lipinski definition) is 1. The normalized spacial score (nSPS) is 10.1. The molecule has 114 valence electrons. The van der Waals surface area contributed by atoms with Crippen molar-refractivity contribution in [2.45, 2.75) is 6.92 Å². The van der Waals surface area contributed by atoms with E-state index < -0.39 is 5.97 Å². The second-order valence-corrected chi connectivity index (χ2v) is 5.70. The zero-order chi connectivity index (χ0) is 16.1. The summed E-state index contributed by atoms with van der Waals surface area (Å²) in [5, 5.41) is 2.98. The van der Waals surface area contributed by atoms with E-state index in [0.29, 0.717) is 23.4 Å². The molecule has 0 aliphatic carbocycles. The maximum Gasteiger partial charge on any atom is 0.338 e. The third-order valence-electron chi connectivity index (χ3n) is 2.83. The first-order valence-corrected chi connectivity index (χ1v) is 7.72. The van der Waals surface area contributed by atoms with Gasteiger partial charge in [-0.25, -0.2) is 4.79 Å². The fraction of sp³-hybridized carbons (Fsp3) is 0.125. The minimum absolute atomic E-state index is 0.274. The number of amides is 1. The summed E-state index contributed by atoms with van der Waals surface area (Å²) < 4.78 is 5.78. The maximum atomic E-state index is 12.1. The molecule has 22 heavy (non-hydrogen) atoms. The molecule has 4 nitrogen and oxygen atoms in total. The van der Waals surface area contributed by atoms with E-state index in [2.05, 4.69) is 21.2 Å². The van der Waals surface area contributed by atoms with Gasteiger partial charge in [-0.15, -0.1) is 0 Å². The summed E-state index contributed by atoms with van der Waals surface area (Å²) in [6.45, 7) is 2.02. The van der Waals surface area contributed by atoms with Gasteiger partial charge in [0, 0.05) is 10.0 Å². The maximum absolute atomic E-state index is 12.1. The van der Waals surface area contributed by atoms with Crippen molar-refractivity contribution in [3.63, 3.8) is 0 Å². The average molecular weight is 383 g/mol. The lowest BCUT2D eigenvalue weighted by Gasteiger charge is -2.09. The first kappa shape index (κ1) is 16.5. The summed E-state index contributed by atoms with van der Waals surface area (Å²) in [5.41, 5.74) is 1.28. The SMILES string of the molecule is CCOC(=O)c1ccc(NC(=O)c2ccc(Br)cc2)c(Cl)c1. The summed E-state index contributed by atoms with van der Waals surface area (Å²) in [7, 11) is 0. The van der Waals surface area contributed by atoms with Gasteiger partial charge in [0.2, 0.25) is 0 Å². The van der Waals surface area contributed by atoms with Crippen LogP contribution in [0, 0.1) is 0 Å². The Kier molecular flexibility index (Phi) is 5.57. The van der Waals surface area contributed by atoms with E-state index in [9.17, 15) is 9.59 Å². The molecule has 0 unspecified atom stereocenters. The van der Waals surface area contributed by atoms with Crippen LogP contribution in [-0.4, -0.2) is 18.5 Å². The molecule has 0 spiro atoms. The molecule has 0 radical (unpaired) electrons. The molecule has 0 bridgehead atoms. The Morgan fingerprint density at radius 2 is 1.77 bits per heavy atom. The Hall–Kier alpha value is -1.85. The number of anilines is 1. The standard InChI is InChI=1S/C16H13BrClNO3/c1-2-22-16(21)11-5-8-14(13(18)9-11)19-15(20)10-3-6-12(17)7-4-10/h3-9H,2H2,1H3,(H,19,20). The fourth-order valence-corrected chi connectivity index (χ4v) is 2.25. The summed E-state index contributed by atoms with van der Waals surface area (Å²) >= 11 is 9.41. The molecule has 0 saturated heterocycles. The van der Waals surface area contributed by atoms with Crippen molar-refractivity contribution in [3.8, 4) is 0 Å². The molecule has 0 atom stereocenters. The van der Waals surface area contributed by atoms with Gasteiger partial charge in [-0.1, -0.05) is 27.5 Å². The van der Waals surface area contributed by atoms with Crippen LogP contribution >= 0.6 is 27.5 Å². The van der Waals surface area contributed by atoms with Gasteiger partial charge in [-0.05, 0) is 49.4 Å². The highest BCUT2D eigenvalue weighted by atomic mass is 79.9. The minimum Gasteiger partial charge on any atom is -0.462 e. The van der Waals surface area contributed by atoms with E-state index in [1.165, 1.54) is 6.07 Å². The van der Waals surface area contributed by atoms with Gasteiger partial charge in [0.1, 0.15) is 0 Å². The van der Waals surface area contributed by atoms with Crippen molar-refractivity contribution < 1.29 is 14.3 Å². The topological polar surface area (TPSA) is 55.4 Å². The highest BCUT2D eigenvalue weighted by molar-refractivity contribution is 9.10. The second-order valence-electron chi connectivity index (χ2n) is 4.38. The second kappa shape index (κ2) is 7.42. The largest absolute Gasteiger partial charge is 0.462 e. The smallest absolute Gasteiger partial charge is 0.338 e. The molecule has 2 aromatic carbocycles. The van der Waals surface area contributed by atoms with Crippen molar-refractivity contribution >= 4 is 45.1 Å². The van der Waals surface area contributed by atoms with Crippen LogP contribution in [-0.2, 0) is 4.74 Å².